The number of aromatic carboxylic acids is 1. The molecule has 1 N–H and O–H groups in total. The number of hydrogen-bond acceptors (Lipinski definition) is 5. The fourth-order valence-electron chi connectivity index (χ4n) is 3.25. The molecule has 7 nitrogen and oxygen atoms in total. The molecular weight excluding hydrogens is 530 g/mol. The minimum atomic E-state index is -4.80. The summed E-state index contributed by atoms with van der Waals surface area (Å²) in [6.07, 6.45) is -8.31. The Kier molecular flexibility index (Phi) is 10.8. The second kappa shape index (κ2) is 13.4. The molecule has 3 aromatic rings. The first kappa shape index (κ1) is 31.5. The molecule has 0 aliphatic heterocycles. The lowest BCUT2D eigenvalue weighted by molar-refractivity contribution is -0.143. The minimum Gasteiger partial charge on any atom is -0.661 e. The summed E-state index contributed by atoms with van der Waals surface area (Å²) in [6.45, 7) is 2.89. The van der Waals surface area contributed by atoms with E-state index < -0.39 is 29.4 Å². The predicted molar refractivity (Wildman–Crippen MR) is 133 cm³/mol. The van der Waals surface area contributed by atoms with Crippen molar-refractivity contribution in [1.29, 1.82) is 0 Å². The third-order valence-electron chi connectivity index (χ3n) is 5.16. The van der Waals surface area contributed by atoms with E-state index in [4.69, 9.17) is 4.74 Å². The third-order valence-corrected chi connectivity index (χ3v) is 5.16. The second-order valence-electron chi connectivity index (χ2n) is 8.58. The number of carboxylic acid groups (broad SMARTS) is 1. The van der Waals surface area contributed by atoms with Gasteiger partial charge in [0.15, 0.2) is 0 Å². The van der Waals surface area contributed by atoms with Crippen molar-refractivity contribution in [1.82, 2.24) is 14.9 Å². The summed E-state index contributed by atoms with van der Waals surface area (Å²) < 4.78 is 79.8. The fraction of sp³-hybridized carbons (Fsp3) is 0.346. The van der Waals surface area contributed by atoms with Crippen LogP contribution in [0, 0.1) is 6.92 Å². The minimum absolute atomic E-state index is 0.0641. The molecular formula is C26H27F6N4O3-. The van der Waals surface area contributed by atoms with E-state index in [1.807, 2.05) is 50.2 Å². The van der Waals surface area contributed by atoms with Crippen LogP contribution < -0.4 is 4.74 Å². The van der Waals surface area contributed by atoms with Crippen molar-refractivity contribution in [3.63, 3.8) is 0 Å². The Hall–Kier alpha value is -3.71. The van der Waals surface area contributed by atoms with Crippen LogP contribution in [0.2, 0.25) is 0 Å². The number of alkyl halides is 6. The van der Waals surface area contributed by atoms with Gasteiger partial charge in [-0.1, -0.05) is 29.8 Å². The van der Waals surface area contributed by atoms with Gasteiger partial charge in [-0.15, -0.1) is 6.54 Å². The molecule has 0 amide bonds. The molecule has 0 spiro atoms. The first-order valence-electron chi connectivity index (χ1n) is 11.4. The van der Waals surface area contributed by atoms with Gasteiger partial charge in [0.2, 0.25) is 0 Å². The zero-order valence-corrected chi connectivity index (χ0v) is 21.6. The van der Waals surface area contributed by atoms with Crippen molar-refractivity contribution in [3.05, 3.63) is 81.8 Å². The van der Waals surface area contributed by atoms with Crippen molar-refractivity contribution < 1.29 is 41.0 Å². The molecule has 0 saturated carbocycles. The smallest absolute Gasteiger partial charge is 0.416 e. The first-order valence-corrected chi connectivity index (χ1v) is 11.4. The zero-order valence-electron chi connectivity index (χ0n) is 21.6. The van der Waals surface area contributed by atoms with Crippen LogP contribution in [0.1, 0.15) is 32.6 Å². The average Bonchev–Trinajstić information content (AvgIpc) is 2.83. The van der Waals surface area contributed by atoms with Crippen molar-refractivity contribution in [2.45, 2.75) is 25.8 Å². The van der Waals surface area contributed by atoms with Gasteiger partial charge in [-0.2, -0.15) is 38.4 Å². The number of likely N-dealkylation sites (N-methyl/N-ethyl adjacent to an activating group) is 1. The zero-order chi connectivity index (χ0) is 29.4. The number of hydrogen-bond donors (Lipinski definition) is 1. The standard InChI is InChI=1S/C16H19N3O3.C10H8F6N/c1-11-6-4-5-7-12(11)14-13(15(20)21)10-17-16(18-14)22-9-8-19(2)3;1-17-5-6-2-7(9(11,12)13)4-8(3-6)10(14,15)16/h4-7,10H,8-9H2,1-3H3,(H,20,21);2-4H,5H2,1H3/q;-1. The highest BCUT2D eigenvalue weighted by atomic mass is 19.4. The molecule has 212 valence electrons. The molecule has 0 unspecified atom stereocenters. The number of carboxylic acids is 1. The van der Waals surface area contributed by atoms with Crippen LogP contribution in [0.4, 0.5) is 26.3 Å². The van der Waals surface area contributed by atoms with Crippen LogP contribution in [0.15, 0.2) is 48.7 Å². The van der Waals surface area contributed by atoms with Gasteiger partial charge in [0.05, 0.1) is 16.8 Å². The quantitative estimate of drug-likeness (QED) is 0.326. The number of carbonyl (C=O) groups is 1. The molecule has 0 aliphatic rings. The molecule has 0 fully saturated rings. The monoisotopic (exact) mass is 557 g/mol. The van der Waals surface area contributed by atoms with Crippen LogP contribution in [0.5, 0.6) is 6.01 Å². The van der Waals surface area contributed by atoms with E-state index >= 15 is 0 Å². The van der Waals surface area contributed by atoms with Gasteiger partial charge in [0, 0.05) is 18.3 Å². The van der Waals surface area contributed by atoms with Crippen molar-refractivity contribution >= 4 is 5.97 Å². The molecule has 39 heavy (non-hydrogen) atoms. The largest absolute Gasteiger partial charge is 0.661 e. The molecule has 0 aliphatic carbocycles. The van der Waals surface area contributed by atoms with Gasteiger partial charge in [-0.25, -0.2) is 9.78 Å². The summed E-state index contributed by atoms with van der Waals surface area (Å²) in [4.78, 5) is 21.6. The maximum absolute atomic E-state index is 12.4. The lowest BCUT2D eigenvalue weighted by Crippen LogP contribution is -2.20. The van der Waals surface area contributed by atoms with Crippen LogP contribution in [0.25, 0.3) is 16.6 Å². The van der Waals surface area contributed by atoms with Crippen LogP contribution in [-0.2, 0) is 18.9 Å². The highest BCUT2D eigenvalue weighted by Gasteiger charge is 2.36. The highest BCUT2D eigenvalue weighted by molar-refractivity contribution is 5.94. The van der Waals surface area contributed by atoms with E-state index in [1.54, 1.807) is 0 Å². The number of aromatic nitrogens is 2. The third kappa shape index (κ3) is 9.52. The van der Waals surface area contributed by atoms with Gasteiger partial charge in [-0.3, -0.25) is 0 Å². The number of rotatable bonds is 8. The summed E-state index contributed by atoms with van der Waals surface area (Å²) in [5, 5.41) is 12.8. The van der Waals surface area contributed by atoms with Gasteiger partial charge >= 0.3 is 24.3 Å². The molecule has 1 heterocycles. The molecule has 2 aromatic carbocycles. The number of ether oxygens (including phenoxy) is 1. The predicted octanol–water partition coefficient (Wildman–Crippen LogP) is 6.32. The Morgan fingerprint density at radius 1 is 1.03 bits per heavy atom. The number of aryl methyl sites for hydroxylation is 1. The Bertz CT molecular complexity index is 1230. The van der Waals surface area contributed by atoms with E-state index in [0.717, 1.165) is 17.7 Å². The Morgan fingerprint density at radius 2 is 1.62 bits per heavy atom. The second-order valence-corrected chi connectivity index (χ2v) is 8.58. The lowest BCUT2D eigenvalue weighted by atomic mass is 10.0. The molecule has 0 bridgehead atoms. The first-order chi connectivity index (χ1) is 18.1. The van der Waals surface area contributed by atoms with Crippen LogP contribution >= 0.6 is 0 Å². The van der Waals surface area contributed by atoms with Crippen LogP contribution in [-0.4, -0.2) is 60.2 Å². The average molecular weight is 558 g/mol. The Morgan fingerprint density at radius 3 is 2.10 bits per heavy atom. The number of nitrogens with zero attached hydrogens (tertiary/aromatic N) is 4. The van der Waals surface area contributed by atoms with E-state index in [0.29, 0.717) is 24.4 Å². The SMILES string of the molecule is C[N-]Cc1cc(C(F)(F)F)cc(C(F)(F)F)c1.Cc1ccccc1-c1nc(OCCN(C)C)ncc1C(=O)O. The Balaban J connectivity index is 0.000000283. The summed E-state index contributed by atoms with van der Waals surface area (Å²) >= 11 is 0. The molecule has 3 rings (SSSR count). The normalized spacial score (nSPS) is 11.7. The van der Waals surface area contributed by atoms with E-state index in [1.165, 1.54) is 13.2 Å². The summed E-state index contributed by atoms with van der Waals surface area (Å²) in [7, 11) is 5.19. The molecule has 0 radical (unpaired) electrons. The van der Waals surface area contributed by atoms with E-state index in [2.05, 4.69) is 15.3 Å². The van der Waals surface area contributed by atoms with Gasteiger partial charge < -0.3 is 20.1 Å². The van der Waals surface area contributed by atoms with Crippen molar-refractivity contribution in [2.75, 3.05) is 34.3 Å². The molecule has 0 saturated heterocycles. The van der Waals surface area contributed by atoms with Gasteiger partial charge in [-0.05, 0) is 44.8 Å². The maximum atomic E-state index is 12.4. The number of benzene rings is 2. The summed E-state index contributed by atoms with van der Waals surface area (Å²) in [5.74, 6) is -1.06. The number of halogens is 6. The Labute approximate surface area is 221 Å². The highest BCUT2D eigenvalue weighted by Crippen LogP contribution is 2.36. The molecule has 13 heteroatoms. The topological polar surface area (TPSA) is 89.7 Å². The lowest BCUT2D eigenvalue weighted by Gasteiger charge is -2.17. The van der Waals surface area contributed by atoms with Crippen molar-refractivity contribution in [3.8, 4) is 17.3 Å². The summed E-state index contributed by atoms with van der Waals surface area (Å²) in [6, 6.07) is 9.12. The fourth-order valence-corrected chi connectivity index (χ4v) is 3.25. The van der Waals surface area contributed by atoms with Gasteiger partial charge in [0.25, 0.3) is 0 Å². The van der Waals surface area contributed by atoms with E-state index in [-0.39, 0.29) is 29.7 Å². The van der Waals surface area contributed by atoms with Crippen molar-refractivity contribution in [2.24, 2.45) is 0 Å². The van der Waals surface area contributed by atoms with E-state index in [9.17, 15) is 36.2 Å². The van der Waals surface area contributed by atoms with Crippen LogP contribution in [0.3, 0.4) is 0 Å². The maximum Gasteiger partial charge on any atom is 0.416 e. The molecule has 1 aromatic heterocycles. The molecule has 0 atom stereocenters. The van der Waals surface area contributed by atoms with Gasteiger partial charge in [0.1, 0.15) is 12.2 Å². The summed E-state index contributed by atoms with van der Waals surface area (Å²) in [5.41, 5.74) is -0.594.